The molecule has 0 aliphatic carbocycles. The maximum atomic E-state index is 2.95. The molecule has 0 unspecified atom stereocenters. The van der Waals surface area contributed by atoms with Crippen LogP contribution in [0.15, 0.2) is 0 Å². The van der Waals surface area contributed by atoms with Crippen molar-refractivity contribution in [2.24, 2.45) is 0 Å². The van der Waals surface area contributed by atoms with Crippen molar-refractivity contribution >= 4 is 16.1 Å². The zero-order valence-electron chi connectivity index (χ0n) is 8.47. The Labute approximate surface area is 95.5 Å². The number of fused-ring (bicyclic) bond motifs is 4. The number of halogens is 2. The molecule has 0 atom stereocenters. The van der Waals surface area contributed by atoms with Crippen LogP contribution in [-0.2, 0) is 0 Å². The Morgan fingerprint density at radius 3 is 2.46 bits per heavy atom. The van der Waals surface area contributed by atoms with Crippen molar-refractivity contribution in [1.29, 1.82) is 0 Å². The van der Waals surface area contributed by atoms with Gasteiger partial charge in [-0.05, 0) is 0 Å². The van der Waals surface area contributed by atoms with Gasteiger partial charge in [-0.1, -0.05) is 0 Å². The van der Waals surface area contributed by atoms with E-state index in [4.69, 9.17) is 0 Å². The summed E-state index contributed by atoms with van der Waals surface area (Å²) in [4.78, 5) is 7.74. The Morgan fingerprint density at radius 2 is 1.85 bits per heavy atom. The zero-order valence-corrected chi connectivity index (χ0v) is 12.8. The Morgan fingerprint density at radius 1 is 1.15 bits per heavy atom. The van der Waals surface area contributed by atoms with E-state index in [-0.39, 0.29) is 0 Å². The average molecular weight is 409 g/mol. The summed E-state index contributed by atoms with van der Waals surface area (Å²) < 4.78 is 2.95. The number of piperidine rings is 1. The van der Waals surface area contributed by atoms with E-state index in [1.807, 2.05) is 0 Å². The fraction of sp³-hybridized carbons (Fsp3) is 1.00. The molecule has 3 fully saturated rings. The van der Waals surface area contributed by atoms with Gasteiger partial charge >= 0.3 is 96.3 Å². The molecule has 3 rings (SSSR count). The first-order valence-corrected chi connectivity index (χ1v) is 16.5. The second-order valence-corrected chi connectivity index (χ2v) is 21.3. The monoisotopic (exact) mass is 409 g/mol. The van der Waals surface area contributed by atoms with Gasteiger partial charge in [0.15, 0.2) is 0 Å². The van der Waals surface area contributed by atoms with Gasteiger partial charge in [0.1, 0.15) is 0 Å². The van der Waals surface area contributed by atoms with Gasteiger partial charge in [0.05, 0.1) is 0 Å². The van der Waals surface area contributed by atoms with Gasteiger partial charge in [0.2, 0.25) is 0 Å². The Bertz CT molecular complexity index is 169. The Kier molecular flexibility index (Phi) is 4.13. The number of alkyl halides is 2. The van der Waals surface area contributed by atoms with Gasteiger partial charge in [-0.3, -0.25) is 0 Å². The van der Waals surface area contributed by atoms with Crippen molar-refractivity contribution < 1.29 is 17.2 Å². The van der Waals surface area contributed by atoms with Gasteiger partial charge < -0.3 is 0 Å². The molecule has 13 heavy (non-hydrogen) atoms. The fourth-order valence-corrected chi connectivity index (χ4v) is 11.6. The third kappa shape index (κ3) is 2.49. The summed E-state index contributed by atoms with van der Waals surface area (Å²) in [6.07, 6.45) is 2.93. The topological polar surface area (TPSA) is 6.48 Å². The first-order chi connectivity index (χ1) is 6.31. The predicted molar refractivity (Wildman–Crippen MR) is 62.0 cm³/mol. The molecule has 3 saturated heterocycles. The summed E-state index contributed by atoms with van der Waals surface area (Å²) >= 11 is -0.0373. The first-order valence-electron chi connectivity index (χ1n) is 4.91. The van der Waals surface area contributed by atoms with Crippen molar-refractivity contribution in [2.75, 3.05) is 36.0 Å². The molecule has 2 nitrogen and oxygen atoms in total. The van der Waals surface area contributed by atoms with Crippen molar-refractivity contribution in [3.05, 3.63) is 0 Å². The summed E-state index contributed by atoms with van der Waals surface area (Å²) in [7, 11) is 0. The van der Waals surface area contributed by atoms with Gasteiger partial charge in [-0.2, -0.15) is 0 Å². The standard InChI is InChI=1S/C9H19I2N2/c1-10-11(2)13-8-7-12-5-3-9(13)4-6-12/h9H,3-8H2,1-2H3/q-1. The average Bonchev–Trinajstić information content (AvgIpc) is 2.49. The van der Waals surface area contributed by atoms with Crippen LogP contribution in [0.5, 0.6) is 0 Å². The van der Waals surface area contributed by atoms with Crippen LogP contribution in [0, 0.1) is 0 Å². The molecule has 2 bridgehead atoms. The minimum atomic E-state index is -0.594. The van der Waals surface area contributed by atoms with Crippen LogP contribution in [0.4, 0.5) is 0 Å². The van der Waals surface area contributed by atoms with Crippen LogP contribution in [0.3, 0.4) is 0 Å². The molecule has 0 aromatic heterocycles. The van der Waals surface area contributed by atoms with Crippen LogP contribution in [-0.4, -0.2) is 50.1 Å². The second-order valence-electron chi connectivity index (χ2n) is 3.71. The van der Waals surface area contributed by atoms with Crippen molar-refractivity contribution in [3.63, 3.8) is 0 Å². The summed E-state index contributed by atoms with van der Waals surface area (Å²) in [6.45, 7) is 5.53. The van der Waals surface area contributed by atoms with E-state index < -0.39 is 16.1 Å². The molecular weight excluding hydrogens is 390 g/mol. The third-order valence-electron chi connectivity index (χ3n) is 3.09. The first kappa shape index (κ1) is 10.9. The van der Waals surface area contributed by atoms with E-state index in [0.717, 1.165) is 6.04 Å². The molecule has 3 heterocycles. The molecule has 3 aliphatic heterocycles. The zero-order chi connectivity index (χ0) is 9.26. The molecule has 0 aromatic rings. The van der Waals surface area contributed by atoms with E-state index in [1.165, 1.54) is 39.0 Å². The van der Waals surface area contributed by atoms with Crippen molar-refractivity contribution in [2.45, 2.75) is 18.9 Å². The van der Waals surface area contributed by atoms with E-state index in [2.05, 4.69) is 17.9 Å². The molecule has 3 aliphatic rings. The molecule has 0 N–H and O–H groups in total. The number of hydrogen-bond donors (Lipinski definition) is 0. The van der Waals surface area contributed by atoms with Crippen LogP contribution in [0.2, 0.25) is 0 Å². The van der Waals surface area contributed by atoms with Crippen LogP contribution < -0.4 is 17.2 Å². The Balaban J connectivity index is 2.02. The van der Waals surface area contributed by atoms with Gasteiger partial charge in [-0.15, -0.1) is 0 Å². The molecular formula is C9H19I2N2-. The SMILES string of the molecule is C[I-]I(C)N1CCN2CCC1CC2. The summed E-state index contributed by atoms with van der Waals surface area (Å²) in [5.41, 5.74) is 0. The molecule has 4 heteroatoms. The molecule has 0 saturated carbocycles. The van der Waals surface area contributed by atoms with Crippen LogP contribution in [0.1, 0.15) is 12.8 Å². The molecule has 0 amide bonds. The third-order valence-corrected chi connectivity index (χ3v) is 18.3. The number of rotatable bonds is 2. The summed E-state index contributed by atoms with van der Waals surface area (Å²) in [6, 6.07) is 0.994. The van der Waals surface area contributed by atoms with Crippen molar-refractivity contribution in [3.8, 4) is 0 Å². The van der Waals surface area contributed by atoms with E-state index in [1.54, 1.807) is 0 Å². The minimum absolute atomic E-state index is 0.557. The summed E-state index contributed by atoms with van der Waals surface area (Å²) in [5.74, 6) is 0. The molecule has 80 valence electrons. The fourth-order valence-electron chi connectivity index (χ4n) is 2.23. The normalized spacial score (nSPS) is 36.3. The summed E-state index contributed by atoms with van der Waals surface area (Å²) in [5, 5.41) is 0. The predicted octanol–water partition coefficient (Wildman–Crippen LogP) is -1.55. The van der Waals surface area contributed by atoms with Gasteiger partial charge in [0.25, 0.3) is 0 Å². The molecule has 0 radical (unpaired) electrons. The van der Waals surface area contributed by atoms with Gasteiger partial charge in [-0.25, -0.2) is 0 Å². The maximum absolute atomic E-state index is 2.95. The number of nitrogens with zero attached hydrogens (tertiary/aromatic N) is 2. The second kappa shape index (κ2) is 4.94. The van der Waals surface area contributed by atoms with Gasteiger partial charge in [0, 0.05) is 0 Å². The number of hydrogen-bond acceptors (Lipinski definition) is 2. The van der Waals surface area contributed by atoms with E-state index in [9.17, 15) is 0 Å². The van der Waals surface area contributed by atoms with Crippen molar-refractivity contribution in [1.82, 2.24) is 8.01 Å². The molecule has 0 aromatic carbocycles. The molecule has 0 spiro atoms. The quantitative estimate of drug-likeness (QED) is 0.310. The van der Waals surface area contributed by atoms with E-state index >= 15 is 0 Å². The van der Waals surface area contributed by atoms with Crippen LogP contribution >= 0.6 is 16.1 Å². The van der Waals surface area contributed by atoms with Crippen LogP contribution in [0.25, 0.3) is 0 Å². The van der Waals surface area contributed by atoms with E-state index in [0.29, 0.717) is 17.2 Å². The Hall–Kier alpha value is 1.38.